The van der Waals surface area contributed by atoms with Crippen molar-refractivity contribution >= 4 is 23.3 Å². The minimum absolute atomic E-state index is 0.0179. The molecule has 1 aliphatic rings. The fraction of sp³-hybridized carbons (Fsp3) is 0.250. The quantitative estimate of drug-likeness (QED) is 0.610. The van der Waals surface area contributed by atoms with E-state index in [9.17, 15) is 14.4 Å². The lowest BCUT2D eigenvalue weighted by Crippen LogP contribution is -2.45. The first kappa shape index (κ1) is 17.7. The number of carbonyl (C=O) groups excluding carboxylic acids is 3. The van der Waals surface area contributed by atoms with Crippen LogP contribution in [0.5, 0.6) is 11.5 Å². The van der Waals surface area contributed by atoms with E-state index in [4.69, 9.17) is 9.47 Å². The van der Waals surface area contributed by atoms with E-state index >= 15 is 0 Å². The first-order valence-electron chi connectivity index (χ1n) is 8.24. The van der Waals surface area contributed by atoms with Gasteiger partial charge in [0.2, 0.25) is 5.91 Å². The number of esters is 1. The van der Waals surface area contributed by atoms with Gasteiger partial charge in [0.15, 0.2) is 0 Å². The van der Waals surface area contributed by atoms with Gasteiger partial charge >= 0.3 is 5.97 Å². The zero-order chi connectivity index (χ0) is 18.7. The summed E-state index contributed by atoms with van der Waals surface area (Å²) in [5, 5.41) is 0. The Hall–Kier alpha value is -3.15. The van der Waals surface area contributed by atoms with Crippen molar-refractivity contribution in [3.05, 3.63) is 54.6 Å². The fourth-order valence-corrected chi connectivity index (χ4v) is 3.08. The highest BCUT2D eigenvalue weighted by Gasteiger charge is 2.48. The number of hydrogen-bond donors (Lipinski definition) is 0. The number of carbonyl (C=O) groups is 3. The van der Waals surface area contributed by atoms with Gasteiger partial charge in [-0.2, -0.15) is 0 Å². The molecule has 0 unspecified atom stereocenters. The Labute approximate surface area is 151 Å². The van der Waals surface area contributed by atoms with Gasteiger partial charge in [-0.15, -0.1) is 0 Å². The smallest absolute Gasteiger partial charge is 0.335 e. The average molecular weight is 353 g/mol. The number of methoxy groups -OCH3 is 1. The van der Waals surface area contributed by atoms with Gasteiger partial charge in [-0.25, -0.2) is 4.79 Å². The topological polar surface area (TPSA) is 72.9 Å². The molecule has 2 atom stereocenters. The maximum Gasteiger partial charge on any atom is 0.335 e. The van der Waals surface area contributed by atoms with Crippen LogP contribution in [0.1, 0.15) is 13.3 Å². The molecule has 0 spiro atoms. The van der Waals surface area contributed by atoms with Crippen LogP contribution in [0.4, 0.5) is 5.69 Å². The monoisotopic (exact) mass is 353 g/mol. The van der Waals surface area contributed by atoms with Crippen LogP contribution >= 0.6 is 0 Å². The fourth-order valence-electron chi connectivity index (χ4n) is 3.08. The van der Waals surface area contributed by atoms with E-state index in [-0.39, 0.29) is 18.1 Å². The van der Waals surface area contributed by atoms with Crippen molar-refractivity contribution in [3.63, 3.8) is 0 Å². The molecule has 0 saturated carbocycles. The van der Waals surface area contributed by atoms with Crippen molar-refractivity contribution in [3.8, 4) is 11.5 Å². The lowest BCUT2D eigenvalue weighted by atomic mass is 9.96. The Kier molecular flexibility index (Phi) is 5.02. The summed E-state index contributed by atoms with van der Waals surface area (Å²) in [4.78, 5) is 38.7. The summed E-state index contributed by atoms with van der Waals surface area (Å²) < 4.78 is 10.5. The molecule has 0 aliphatic carbocycles. The van der Waals surface area contributed by atoms with E-state index in [2.05, 4.69) is 0 Å². The lowest BCUT2D eigenvalue weighted by Gasteiger charge is -2.25. The first-order valence-corrected chi connectivity index (χ1v) is 8.24. The molecule has 6 heteroatoms. The number of benzene rings is 2. The molecule has 2 aromatic carbocycles. The number of hydrogen-bond acceptors (Lipinski definition) is 5. The van der Waals surface area contributed by atoms with E-state index in [1.807, 2.05) is 0 Å². The zero-order valence-corrected chi connectivity index (χ0v) is 14.5. The molecule has 3 rings (SSSR count). The molecule has 26 heavy (non-hydrogen) atoms. The summed E-state index contributed by atoms with van der Waals surface area (Å²) in [5.74, 6) is -0.866. The Morgan fingerprint density at radius 2 is 1.65 bits per heavy atom. The van der Waals surface area contributed by atoms with Gasteiger partial charge in [-0.3, -0.25) is 14.5 Å². The molecule has 0 N–H and O–H groups in total. The Bertz CT molecular complexity index is 816. The minimum Gasteiger partial charge on any atom is -0.497 e. The van der Waals surface area contributed by atoms with Crippen molar-refractivity contribution in [1.29, 1.82) is 0 Å². The van der Waals surface area contributed by atoms with E-state index < -0.39 is 17.9 Å². The highest BCUT2D eigenvalue weighted by molar-refractivity contribution is 6.08. The SMILES string of the molecule is COc1ccc(N2C(=O)C[C@H](C(C)=O)[C@@H]2C(=O)Oc2ccccc2)cc1. The molecular weight excluding hydrogens is 334 g/mol. The van der Waals surface area contributed by atoms with Crippen LogP contribution in [0.15, 0.2) is 54.6 Å². The number of ether oxygens (including phenoxy) is 2. The molecule has 2 aromatic rings. The molecule has 1 saturated heterocycles. The first-order chi connectivity index (χ1) is 12.5. The predicted octanol–water partition coefficient (Wildman–Crippen LogP) is 2.61. The van der Waals surface area contributed by atoms with Gasteiger partial charge in [-0.05, 0) is 43.3 Å². The van der Waals surface area contributed by atoms with Crippen LogP contribution in [0.2, 0.25) is 0 Å². The van der Waals surface area contributed by atoms with Crippen LogP contribution in [0, 0.1) is 5.92 Å². The third-order valence-electron chi connectivity index (χ3n) is 4.40. The molecular formula is C20H19NO5. The number of Topliss-reactive ketones (excluding diaryl/α,β-unsaturated/α-hetero) is 1. The second-order valence-corrected chi connectivity index (χ2v) is 6.06. The molecule has 0 radical (unpaired) electrons. The summed E-state index contributed by atoms with van der Waals surface area (Å²) in [5.41, 5.74) is 0.523. The number of nitrogens with zero attached hydrogens (tertiary/aromatic N) is 1. The maximum absolute atomic E-state index is 12.8. The Balaban J connectivity index is 1.93. The highest BCUT2D eigenvalue weighted by atomic mass is 16.5. The van der Waals surface area contributed by atoms with Crippen molar-refractivity contribution in [2.45, 2.75) is 19.4 Å². The third-order valence-corrected chi connectivity index (χ3v) is 4.40. The van der Waals surface area contributed by atoms with Crippen LogP contribution in [0.25, 0.3) is 0 Å². The van der Waals surface area contributed by atoms with Crippen LogP contribution in [-0.2, 0) is 14.4 Å². The summed E-state index contributed by atoms with van der Waals surface area (Å²) in [6.07, 6.45) is -0.0179. The van der Waals surface area contributed by atoms with E-state index in [1.165, 1.54) is 11.8 Å². The molecule has 1 heterocycles. The van der Waals surface area contributed by atoms with Crippen LogP contribution in [0.3, 0.4) is 0 Å². The van der Waals surface area contributed by atoms with Gasteiger partial charge in [0.05, 0.1) is 13.0 Å². The van der Waals surface area contributed by atoms with Gasteiger partial charge in [-0.1, -0.05) is 18.2 Å². The molecule has 1 amide bonds. The third kappa shape index (κ3) is 3.44. The molecule has 6 nitrogen and oxygen atoms in total. The van der Waals surface area contributed by atoms with E-state index in [1.54, 1.807) is 61.7 Å². The second-order valence-electron chi connectivity index (χ2n) is 6.06. The Morgan fingerprint density at radius 1 is 1.00 bits per heavy atom. The van der Waals surface area contributed by atoms with Crippen molar-refractivity contribution < 1.29 is 23.9 Å². The number of ketones is 1. The molecule has 0 bridgehead atoms. The van der Waals surface area contributed by atoms with Crippen LogP contribution in [-0.4, -0.2) is 30.8 Å². The lowest BCUT2D eigenvalue weighted by molar-refractivity contribution is -0.139. The number of para-hydroxylation sites is 1. The predicted molar refractivity (Wildman–Crippen MR) is 95.1 cm³/mol. The van der Waals surface area contributed by atoms with Crippen LogP contribution < -0.4 is 14.4 Å². The summed E-state index contributed by atoms with van der Waals surface area (Å²) in [7, 11) is 1.54. The van der Waals surface area contributed by atoms with Gasteiger partial charge in [0.25, 0.3) is 0 Å². The van der Waals surface area contributed by atoms with Gasteiger partial charge in [0, 0.05) is 12.1 Å². The number of anilines is 1. The molecule has 0 aromatic heterocycles. The summed E-state index contributed by atoms with van der Waals surface area (Å²) >= 11 is 0. The van der Waals surface area contributed by atoms with Crippen molar-refractivity contribution in [2.24, 2.45) is 5.92 Å². The van der Waals surface area contributed by atoms with E-state index in [0.29, 0.717) is 17.2 Å². The normalized spacial score (nSPS) is 19.3. The molecule has 1 fully saturated rings. The van der Waals surface area contributed by atoms with Crippen molar-refractivity contribution in [1.82, 2.24) is 0 Å². The zero-order valence-electron chi connectivity index (χ0n) is 14.5. The minimum atomic E-state index is -0.992. The number of amides is 1. The standard InChI is InChI=1S/C20H19NO5/c1-13(22)17-12-18(23)21(14-8-10-15(25-2)11-9-14)19(17)20(24)26-16-6-4-3-5-7-16/h3-11,17,19H,12H2,1-2H3/t17-,19-/m1/s1. The maximum atomic E-state index is 12.8. The Morgan fingerprint density at radius 3 is 2.23 bits per heavy atom. The summed E-state index contributed by atoms with van der Waals surface area (Å²) in [6, 6.07) is 14.4. The highest BCUT2D eigenvalue weighted by Crippen LogP contribution is 2.33. The second kappa shape index (κ2) is 7.39. The number of rotatable bonds is 5. The molecule has 134 valence electrons. The summed E-state index contributed by atoms with van der Waals surface area (Å²) in [6.45, 7) is 1.39. The van der Waals surface area contributed by atoms with Gasteiger partial charge < -0.3 is 9.47 Å². The van der Waals surface area contributed by atoms with Crippen molar-refractivity contribution in [2.75, 3.05) is 12.0 Å². The molecule has 1 aliphatic heterocycles. The van der Waals surface area contributed by atoms with E-state index in [0.717, 1.165) is 0 Å². The van der Waals surface area contributed by atoms with Gasteiger partial charge in [0.1, 0.15) is 23.3 Å². The largest absolute Gasteiger partial charge is 0.497 e. The average Bonchev–Trinajstić information content (AvgIpc) is 3.00.